The molecule has 0 atom stereocenters. The summed E-state index contributed by atoms with van der Waals surface area (Å²) in [6.45, 7) is 11.3. The Hall–Kier alpha value is -2.28. The molecule has 2 heterocycles. The summed E-state index contributed by atoms with van der Waals surface area (Å²) in [6, 6.07) is 17.3. The summed E-state index contributed by atoms with van der Waals surface area (Å²) >= 11 is 7.95. The topological polar surface area (TPSA) is 53.1 Å². The van der Waals surface area contributed by atoms with Crippen molar-refractivity contribution in [2.24, 2.45) is 0 Å². The molecule has 0 unspecified atom stereocenters. The molecule has 0 radical (unpaired) electrons. The van der Waals surface area contributed by atoms with E-state index in [-0.39, 0.29) is 5.54 Å². The summed E-state index contributed by atoms with van der Waals surface area (Å²) in [4.78, 5) is 13.2. The second-order valence-electron chi connectivity index (χ2n) is 10.3. The Morgan fingerprint density at radius 1 is 1.06 bits per heavy atom. The van der Waals surface area contributed by atoms with Crippen LogP contribution in [0.5, 0.6) is 0 Å². The highest BCUT2D eigenvalue weighted by molar-refractivity contribution is 7.98. The predicted octanol–water partition coefficient (Wildman–Crippen LogP) is 6.70. The lowest BCUT2D eigenvalue weighted by Crippen LogP contribution is -2.43. The maximum absolute atomic E-state index is 6.14. The maximum Gasteiger partial charge on any atom is 0.225 e. The van der Waals surface area contributed by atoms with Gasteiger partial charge in [-0.15, -0.1) is 11.8 Å². The second kappa shape index (κ2) is 11.6. The van der Waals surface area contributed by atoms with E-state index in [1.807, 2.05) is 36.2 Å². The van der Waals surface area contributed by atoms with Crippen LogP contribution in [0.25, 0.3) is 0 Å². The van der Waals surface area contributed by atoms with E-state index in [0.29, 0.717) is 12.0 Å². The fraction of sp³-hybridized carbons (Fsp3) is 0.429. The first-order valence-electron chi connectivity index (χ1n) is 12.3. The van der Waals surface area contributed by atoms with Crippen molar-refractivity contribution in [2.45, 2.75) is 69.3 Å². The van der Waals surface area contributed by atoms with Crippen molar-refractivity contribution < 1.29 is 0 Å². The predicted molar refractivity (Wildman–Crippen MR) is 150 cm³/mol. The Bertz CT molecular complexity index is 1110. The quantitative estimate of drug-likeness (QED) is 0.329. The van der Waals surface area contributed by atoms with Gasteiger partial charge >= 0.3 is 0 Å². The lowest BCUT2D eigenvalue weighted by Gasteiger charge is -2.34. The van der Waals surface area contributed by atoms with Crippen LogP contribution in [-0.4, -0.2) is 34.6 Å². The fourth-order valence-electron chi connectivity index (χ4n) is 4.14. The third-order valence-electron chi connectivity index (χ3n) is 6.02. The zero-order valence-corrected chi connectivity index (χ0v) is 22.7. The molecule has 0 spiro atoms. The number of aryl methyl sites for hydroxylation is 1. The molecule has 2 N–H and O–H groups in total. The van der Waals surface area contributed by atoms with Crippen LogP contribution in [0, 0.1) is 6.92 Å². The number of benzene rings is 2. The van der Waals surface area contributed by atoms with Gasteiger partial charge < -0.3 is 15.5 Å². The molecule has 0 amide bonds. The molecule has 0 bridgehead atoms. The number of piperidine rings is 1. The highest BCUT2D eigenvalue weighted by Gasteiger charge is 2.23. The van der Waals surface area contributed by atoms with Crippen molar-refractivity contribution in [1.29, 1.82) is 0 Å². The number of aromatic nitrogens is 2. The summed E-state index contributed by atoms with van der Waals surface area (Å²) in [6.07, 6.45) is 4.14. The van der Waals surface area contributed by atoms with E-state index in [1.54, 1.807) is 0 Å². The Morgan fingerprint density at radius 2 is 1.80 bits per heavy atom. The summed E-state index contributed by atoms with van der Waals surface area (Å²) < 4.78 is 0. The van der Waals surface area contributed by atoms with Gasteiger partial charge in [0.2, 0.25) is 5.95 Å². The molecule has 0 saturated carbocycles. The average Bonchev–Trinajstić information content (AvgIpc) is 2.82. The first kappa shape index (κ1) is 25.8. The van der Waals surface area contributed by atoms with E-state index in [4.69, 9.17) is 16.6 Å². The van der Waals surface area contributed by atoms with E-state index in [0.717, 1.165) is 54.0 Å². The van der Waals surface area contributed by atoms with Crippen LogP contribution >= 0.6 is 23.4 Å². The summed E-state index contributed by atoms with van der Waals surface area (Å²) in [5.74, 6) is 2.63. The van der Waals surface area contributed by atoms with E-state index in [2.05, 4.69) is 78.5 Å². The van der Waals surface area contributed by atoms with Crippen LogP contribution in [-0.2, 0) is 12.3 Å². The molecule has 7 heteroatoms. The summed E-state index contributed by atoms with van der Waals surface area (Å²) in [5.41, 5.74) is 3.73. The lowest BCUT2D eigenvalue weighted by molar-refractivity contribution is 0.412. The molecule has 1 aliphatic rings. The number of halogens is 1. The minimum atomic E-state index is -0.0922. The van der Waals surface area contributed by atoms with E-state index >= 15 is 0 Å². The van der Waals surface area contributed by atoms with Crippen LogP contribution in [0.1, 0.15) is 50.3 Å². The van der Waals surface area contributed by atoms with E-state index in [1.165, 1.54) is 16.7 Å². The normalized spacial score (nSPS) is 14.8. The Balaban J connectivity index is 1.42. The zero-order valence-electron chi connectivity index (χ0n) is 21.1. The van der Waals surface area contributed by atoms with E-state index < -0.39 is 0 Å². The van der Waals surface area contributed by atoms with Gasteiger partial charge in [-0.05, 0) is 63.8 Å². The van der Waals surface area contributed by atoms with Gasteiger partial charge in [0.25, 0.3) is 0 Å². The summed E-state index contributed by atoms with van der Waals surface area (Å²) in [5, 5.41) is 7.94. The smallest absolute Gasteiger partial charge is 0.225 e. The molecular formula is C28H36ClN5S. The lowest BCUT2D eigenvalue weighted by atomic mass is 10.0. The molecule has 0 aliphatic carbocycles. The molecule has 186 valence electrons. The summed E-state index contributed by atoms with van der Waals surface area (Å²) in [7, 11) is 0. The molecule has 1 fully saturated rings. The largest absolute Gasteiger partial charge is 0.355 e. The maximum atomic E-state index is 6.14. The van der Waals surface area contributed by atoms with Crippen molar-refractivity contribution >= 4 is 35.1 Å². The third-order valence-corrected chi connectivity index (χ3v) is 7.33. The number of hydrogen-bond donors (Lipinski definition) is 2. The molecule has 2 aromatic carbocycles. The van der Waals surface area contributed by atoms with Gasteiger partial charge in [0.05, 0.1) is 4.90 Å². The average molecular weight is 510 g/mol. The van der Waals surface area contributed by atoms with Crippen molar-refractivity contribution in [2.75, 3.05) is 23.3 Å². The van der Waals surface area contributed by atoms with Crippen LogP contribution < -0.4 is 15.5 Å². The Labute approximate surface area is 219 Å². The molecular weight excluding hydrogens is 474 g/mol. The molecule has 3 aromatic rings. The van der Waals surface area contributed by atoms with Gasteiger partial charge in [-0.2, -0.15) is 4.98 Å². The highest BCUT2D eigenvalue weighted by Crippen LogP contribution is 2.33. The van der Waals surface area contributed by atoms with Crippen molar-refractivity contribution in [3.63, 3.8) is 0 Å². The fourth-order valence-corrected chi connectivity index (χ4v) is 5.29. The standard InChI is InChI=1S/C28H36ClN5S/c1-20-8-10-21(11-9-20)19-35-25-18-31-27(33-28(2,3)4)32-26(25)34-14-12-24(13-15-34)30-17-22-6-5-7-23(29)16-22/h5-11,16,18,24,30H,12-15,17,19H2,1-4H3,(H,31,32,33). The minimum absolute atomic E-state index is 0.0922. The number of thioether (sulfide) groups is 1. The van der Waals surface area contributed by atoms with Crippen molar-refractivity contribution in [1.82, 2.24) is 15.3 Å². The third kappa shape index (κ3) is 7.86. The van der Waals surface area contributed by atoms with Crippen molar-refractivity contribution in [3.8, 4) is 0 Å². The highest BCUT2D eigenvalue weighted by atomic mass is 35.5. The van der Waals surface area contributed by atoms with Gasteiger partial charge in [0.15, 0.2) is 0 Å². The van der Waals surface area contributed by atoms with Crippen molar-refractivity contribution in [3.05, 3.63) is 76.4 Å². The van der Waals surface area contributed by atoms with Gasteiger partial charge in [-0.3, -0.25) is 0 Å². The molecule has 1 aromatic heterocycles. The van der Waals surface area contributed by atoms with Crippen LogP contribution in [0.3, 0.4) is 0 Å². The van der Waals surface area contributed by atoms with Crippen LogP contribution in [0.4, 0.5) is 11.8 Å². The monoisotopic (exact) mass is 509 g/mol. The first-order valence-corrected chi connectivity index (χ1v) is 13.7. The van der Waals surface area contributed by atoms with E-state index in [9.17, 15) is 0 Å². The minimum Gasteiger partial charge on any atom is -0.355 e. The van der Waals surface area contributed by atoms with Gasteiger partial charge in [-0.25, -0.2) is 4.98 Å². The van der Waals surface area contributed by atoms with Gasteiger partial charge in [0.1, 0.15) is 5.82 Å². The van der Waals surface area contributed by atoms with Crippen LogP contribution in [0.2, 0.25) is 5.02 Å². The molecule has 4 rings (SSSR count). The second-order valence-corrected chi connectivity index (χ2v) is 11.8. The van der Waals surface area contributed by atoms with Crippen LogP contribution in [0.15, 0.2) is 59.6 Å². The molecule has 5 nitrogen and oxygen atoms in total. The first-order chi connectivity index (χ1) is 16.7. The zero-order chi connectivity index (χ0) is 24.8. The Kier molecular flexibility index (Phi) is 8.58. The number of rotatable bonds is 8. The van der Waals surface area contributed by atoms with Gasteiger partial charge in [-0.1, -0.05) is 53.6 Å². The number of hydrogen-bond acceptors (Lipinski definition) is 6. The molecule has 1 aliphatic heterocycles. The Morgan fingerprint density at radius 3 is 2.49 bits per heavy atom. The SMILES string of the molecule is Cc1ccc(CSc2cnc(NC(C)(C)C)nc2N2CCC(NCc3cccc(Cl)c3)CC2)cc1. The molecule has 35 heavy (non-hydrogen) atoms. The number of nitrogens with one attached hydrogen (secondary N) is 2. The van der Waals surface area contributed by atoms with Gasteiger partial charge in [0, 0.05) is 48.2 Å². The number of nitrogens with zero attached hydrogens (tertiary/aromatic N) is 3. The molecule has 1 saturated heterocycles. The number of anilines is 2.